The van der Waals surface area contributed by atoms with Gasteiger partial charge in [0.05, 0.1) is 5.92 Å². The lowest BCUT2D eigenvalue weighted by molar-refractivity contribution is -0.140. The molecule has 1 aliphatic heterocycles. The largest absolute Gasteiger partial charge is 0.369 e. The fourth-order valence-corrected chi connectivity index (χ4v) is 6.41. The van der Waals surface area contributed by atoms with Crippen LogP contribution in [0.4, 0.5) is 0 Å². The fraction of sp³-hybridized carbons (Fsp3) is 0.724. The highest BCUT2D eigenvalue weighted by Gasteiger charge is 2.37. The fourth-order valence-electron chi connectivity index (χ4n) is 6.41. The van der Waals surface area contributed by atoms with Gasteiger partial charge in [-0.2, -0.15) is 0 Å². The molecule has 3 amide bonds. The van der Waals surface area contributed by atoms with Gasteiger partial charge in [0.1, 0.15) is 11.1 Å². The Kier molecular flexibility index (Phi) is 8.75. The number of hydrogen-bond donors (Lipinski definition) is 2. The van der Waals surface area contributed by atoms with Crippen LogP contribution in [0.2, 0.25) is 0 Å². The molecule has 1 aromatic rings. The average molecular weight is 513 g/mol. The Bertz CT molecular complexity index is 1070. The monoisotopic (exact) mass is 512 g/mol. The van der Waals surface area contributed by atoms with Crippen molar-refractivity contribution in [3.05, 3.63) is 33.2 Å². The summed E-state index contributed by atoms with van der Waals surface area (Å²) in [4.78, 5) is 54.0. The SMILES string of the molecule is CC(C)(NC(=O)c1cc2c(n(CC3CCCCC3)c1=O)CCCCCC2)C(=O)N1CCCC(C(N)=O)C1. The molecule has 4 rings (SSSR count). The van der Waals surface area contributed by atoms with Gasteiger partial charge >= 0.3 is 0 Å². The summed E-state index contributed by atoms with van der Waals surface area (Å²) in [5, 5.41) is 2.86. The molecule has 1 atom stereocenters. The lowest BCUT2D eigenvalue weighted by atomic mass is 9.88. The lowest BCUT2D eigenvalue weighted by Gasteiger charge is -2.37. The zero-order valence-corrected chi connectivity index (χ0v) is 22.7. The summed E-state index contributed by atoms with van der Waals surface area (Å²) in [6, 6.07) is 1.79. The summed E-state index contributed by atoms with van der Waals surface area (Å²) in [6.07, 6.45) is 13.5. The number of fused-ring (bicyclic) bond motifs is 1. The molecule has 0 radical (unpaired) electrons. The Morgan fingerprint density at radius 3 is 2.35 bits per heavy atom. The van der Waals surface area contributed by atoms with Crippen LogP contribution in [-0.4, -0.2) is 45.8 Å². The molecule has 0 aromatic carbocycles. The molecule has 3 aliphatic rings. The van der Waals surface area contributed by atoms with Gasteiger partial charge in [-0.15, -0.1) is 0 Å². The number of nitrogens with one attached hydrogen (secondary N) is 1. The highest BCUT2D eigenvalue weighted by atomic mass is 16.2. The van der Waals surface area contributed by atoms with E-state index in [0.717, 1.165) is 56.2 Å². The van der Waals surface area contributed by atoms with Gasteiger partial charge in [-0.05, 0) is 82.8 Å². The molecule has 204 valence electrons. The molecular formula is C29H44N4O4. The number of carbonyl (C=O) groups is 3. The summed E-state index contributed by atoms with van der Waals surface area (Å²) >= 11 is 0. The van der Waals surface area contributed by atoms with Crippen LogP contribution in [0.1, 0.15) is 106 Å². The number of primary amides is 1. The predicted molar refractivity (Wildman–Crippen MR) is 143 cm³/mol. The molecule has 1 aromatic heterocycles. The number of aromatic nitrogens is 1. The quantitative estimate of drug-likeness (QED) is 0.608. The standard InChI is InChI=1S/C29H44N4O4/c1-29(2,28(37)32-16-10-14-22(19-32)25(30)34)31-26(35)23-17-21-13-8-3-4-9-15-24(21)33(27(23)36)18-20-11-6-5-7-12-20/h17,20,22H,3-16,18-19H2,1-2H3,(H2,30,34)(H,31,35). The first-order chi connectivity index (χ1) is 17.7. The second-order valence-corrected chi connectivity index (χ2v) is 11.9. The van der Waals surface area contributed by atoms with Crippen LogP contribution in [0.15, 0.2) is 10.9 Å². The number of nitrogens with zero attached hydrogens (tertiary/aromatic N) is 2. The Morgan fingerprint density at radius 2 is 1.65 bits per heavy atom. The van der Waals surface area contributed by atoms with E-state index in [-0.39, 0.29) is 29.5 Å². The summed E-state index contributed by atoms with van der Waals surface area (Å²) in [7, 11) is 0. The van der Waals surface area contributed by atoms with Crippen LogP contribution in [0.5, 0.6) is 0 Å². The number of likely N-dealkylation sites (tertiary alicyclic amines) is 1. The third kappa shape index (κ3) is 6.44. The maximum absolute atomic E-state index is 13.8. The van der Waals surface area contributed by atoms with Crippen molar-refractivity contribution in [2.75, 3.05) is 13.1 Å². The molecule has 1 saturated carbocycles. The molecule has 0 bridgehead atoms. The van der Waals surface area contributed by atoms with Gasteiger partial charge in [0.25, 0.3) is 11.5 Å². The van der Waals surface area contributed by atoms with Gasteiger partial charge in [-0.3, -0.25) is 19.2 Å². The molecule has 1 saturated heterocycles. The van der Waals surface area contributed by atoms with E-state index in [4.69, 9.17) is 5.73 Å². The van der Waals surface area contributed by atoms with Gasteiger partial charge in [0.15, 0.2) is 0 Å². The van der Waals surface area contributed by atoms with Crippen molar-refractivity contribution < 1.29 is 14.4 Å². The second kappa shape index (κ2) is 11.8. The molecule has 2 heterocycles. The van der Waals surface area contributed by atoms with Crippen LogP contribution in [0.3, 0.4) is 0 Å². The summed E-state index contributed by atoms with van der Waals surface area (Å²) in [5.74, 6) is -1.08. The molecule has 37 heavy (non-hydrogen) atoms. The predicted octanol–water partition coefficient (Wildman–Crippen LogP) is 3.32. The first-order valence-electron chi connectivity index (χ1n) is 14.3. The summed E-state index contributed by atoms with van der Waals surface area (Å²) < 4.78 is 1.91. The van der Waals surface area contributed by atoms with E-state index in [2.05, 4.69) is 5.32 Å². The van der Waals surface area contributed by atoms with Crippen molar-refractivity contribution in [1.82, 2.24) is 14.8 Å². The van der Waals surface area contributed by atoms with Gasteiger partial charge in [0, 0.05) is 25.3 Å². The van der Waals surface area contributed by atoms with Crippen LogP contribution in [0.25, 0.3) is 0 Å². The maximum Gasteiger partial charge on any atom is 0.263 e. The molecule has 8 heteroatoms. The summed E-state index contributed by atoms with van der Waals surface area (Å²) in [5.41, 5.74) is 6.36. The lowest BCUT2D eigenvalue weighted by Crippen LogP contribution is -2.58. The van der Waals surface area contributed by atoms with E-state index < -0.39 is 17.4 Å². The zero-order valence-electron chi connectivity index (χ0n) is 22.7. The van der Waals surface area contributed by atoms with Gasteiger partial charge < -0.3 is 20.5 Å². The molecule has 2 aliphatic carbocycles. The van der Waals surface area contributed by atoms with Crippen molar-refractivity contribution in [3.8, 4) is 0 Å². The first-order valence-corrected chi connectivity index (χ1v) is 14.3. The Balaban J connectivity index is 1.59. The minimum absolute atomic E-state index is 0.129. The van der Waals surface area contributed by atoms with Crippen molar-refractivity contribution in [2.24, 2.45) is 17.6 Å². The number of hydrogen-bond acceptors (Lipinski definition) is 4. The molecule has 8 nitrogen and oxygen atoms in total. The Morgan fingerprint density at radius 1 is 0.973 bits per heavy atom. The normalized spacial score (nSPS) is 21.5. The van der Waals surface area contributed by atoms with Crippen molar-refractivity contribution in [2.45, 2.75) is 109 Å². The second-order valence-electron chi connectivity index (χ2n) is 11.9. The Hall–Kier alpha value is -2.64. The molecule has 3 N–H and O–H groups in total. The number of pyridine rings is 1. The van der Waals surface area contributed by atoms with E-state index in [0.29, 0.717) is 31.8 Å². The van der Waals surface area contributed by atoms with Crippen LogP contribution in [-0.2, 0) is 29.0 Å². The van der Waals surface area contributed by atoms with E-state index in [1.54, 1.807) is 24.8 Å². The number of carbonyl (C=O) groups excluding carboxylic acids is 3. The summed E-state index contributed by atoms with van der Waals surface area (Å²) in [6.45, 7) is 4.78. The van der Waals surface area contributed by atoms with Crippen molar-refractivity contribution in [3.63, 3.8) is 0 Å². The minimum atomic E-state index is -1.22. The smallest absolute Gasteiger partial charge is 0.263 e. The topological polar surface area (TPSA) is 114 Å². The van der Waals surface area contributed by atoms with Gasteiger partial charge in [0.2, 0.25) is 11.8 Å². The van der Waals surface area contributed by atoms with Crippen LogP contribution < -0.4 is 16.6 Å². The minimum Gasteiger partial charge on any atom is -0.369 e. The van der Waals surface area contributed by atoms with Crippen molar-refractivity contribution in [1.29, 1.82) is 0 Å². The number of nitrogens with two attached hydrogens (primary N) is 1. The number of rotatable bonds is 6. The van der Waals surface area contributed by atoms with Gasteiger partial charge in [-0.25, -0.2) is 0 Å². The molecule has 0 spiro atoms. The molecule has 1 unspecified atom stereocenters. The van der Waals surface area contributed by atoms with E-state index in [9.17, 15) is 19.2 Å². The number of aryl methyl sites for hydroxylation is 1. The number of piperidine rings is 1. The van der Waals surface area contributed by atoms with Crippen molar-refractivity contribution >= 4 is 17.7 Å². The highest BCUT2D eigenvalue weighted by Crippen LogP contribution is 2.27. The molecule has 2 fully saturated rings. The van der Waals surface area contributed by atoms with Crippen LogP contribution in [0, 0.1) is 11.8 Å². The highest BCUT2D eigenvalue weighted by molar-refractivity contribution is 5.99. The van der Waals surface area contributed by atoms with E-state index >= 15 is 0 Å². The zero-order chi connectivity index (χ0) is 26.6. The Labute approximate surface area is 220 Å². The van der Waals surface area contributed by atoms with Crippen LogP contribution >= 0.6 is 0 Å². The number of amides is 3. The van der Waals surface area contributed by atoms with Gasteiger partial charge in [-0.1, -0.05) is 32.1 Å². The maximum atomic E-state index is 13.8. The van der Waals surface area contributed by atoms with E-state index in [1.807, 2.05) is 4.57 Å². The third-order valence-corrected chi connectivity index (χ3v) is 8.58. The molecular weight excluding hydrogens is 468 g/mol. The third-order valence-electron chi connectivity index (χ3n) is 8.58. The first kappa shape index (κ1) is 27.4. The van der Waals surface area contributed by atoms with E-state index in [1.165, 1.54) is 25.7 Å². The average Bonchev–Trinajstić information content (AvgIpc) is 2.86.